The zero-order chi connectivity index (χ0) is 25.1. The third-order valence-corrected chi connectivity index (χ3v) is 6.12. The van der Waals surface area contributed by atoms with Crippen molar-refractivity contribution >= 4 is 11.9 Å². The molecule has 1 amide bonds. The van der Waals surface area contributed by atoms with Crippen molar-refractivity contribution in [2.75, 3.05) is 26.7 Å². The van der Waals surface area contributed by atoms with Crippen LogP contribution in [0.2, 0.25) is 0 Å². The predicted molar refractivity (Wildman–Crippen MR) is 118 cm³/mol. The molecule has 186 valence electrons. The third kappa shape index (κ3) is 5.94. The molecule has 1 saturated heterocycles. The molecule has 2 aliphatic heterocycles. The number of likely N-dealkylation sites (N-methyl/N-ethyl adjacent to an activating group) is 1. The smallest absolute Gasteiger partial charge is 0.475 e. The Kier molecular flexibility index (Phi) is 7.64. The van der Waals surface area contributed by atoms with E-state index in [1.165, 1.54) is 5.56 Å². The lowest BCUT2D eigenvalue weighted by Crippen LogP contribution is -2.53. The number of carbonyl (C=O) groups excluding carboxylic acids is 1. The number of rotatable bonds is 4. The highest BCUT2D eigenvalue weighted by Crippen LogP contribution is 2.40. The number of hydrogen-bond donors (Lipinski definition) is 1. The molecule has 11 heteroatoms. The largest absolute Gasteiger partial charge is 0.490 e. The number of nitrogens with zero attached hydrogens (tertiary/aromatic N) is 5. The molecule has 2 aromatic rings. The summed E-state index contributed by atoms with van der Waals surface area (Å²) < 4.78 is 33.7. The maximum absolute atomic E-state index is 12.7. The summed E-state index contributed by atoms with van der Waals surface area (Å²) in [6.45, 7) is 8.97. The summed E-state index contributed by atoms with van der Waals surface area (Å²) in [6, 6.07) is 4.13. The molecular formula is C23H30F3N5O3. The number of aliphatic carboxylic acids is 1. The first kappa shape index (κ1) is 25.7. The molecule has 4 rings (SSSR count). The van der Waals surface area contributed by atoms with Crippen LogP contribution in [0.15, 0.2) is 30.7 Å². The summed E-state index contributed by atoms with van der Waals surface area (Å²) in [5.74, 6) is -2.13. The number of carboxylic acids is 1. The second kappa shape index (κ2) is 10.1. The van der Waals surface area contributed by atoms with Crippen LogP contribution in [-0.4, -0.2) is 74.4 Å². The van der Waals surface area contributed by atoms with E-state index in [1.807, 2.05) is 41.3 Å². The standard InChI is InChI=1S/C21H29N5O.C2HF3O2/c1-16(2)12-26-14-18-19(23-26)21(15-24(3)20(18)27)6-9-25(10-7-21)13-17-5-4-8-22-11-17;3-2(4,5)1(6)7/h4-5,8,11,14,16H,6-7,9-10,12-13,15H2,1-3H3;(H,6,7). The second-order valence-electron chi connectivity index (χ2n) is 9.39. The van der Waals surface area contributed by atoms with Gasteiger partial charge in [-0.3, -0.25) is 19.4 Å². The first-order chi connectivity index (χ1) is 15.9. The van der Waals surface area contributed by atoms with Gasteiger partial charge in [0.25, 0.3) is 5.91 Å². The van der Waals surface area contributed by atoms with Crippen molar-refractivity contribution in [3.8, 4) is 0 Å². The highest BCUT2D eigenvalue weighted by atomic mass is 19.4. The average Bonchev–Trinajstić information content (AvgIpc) is 3.19. The van der Waals surface area contributed by atoms with Gasteiger partial charge in [-0.25, -0.2) is 4.79 Å². The third-order valence-electron chi connectivity index (χ3n) is 6.12. The van der Waals surface area contributed by atoms with Crippen LogP contribution in [0.25, 0.3) is 0 Å². The highest BCUT2D eigenvalue weighted by Gasteiger charge is 2.46. The fourth-order valence-corrected chi connectivity index (χ4v) is 4.53. The number of piperidine rings is 1. The topological polar surface area (TPSA) is 91.6 Å². The molecule has 4 heterocycles. The van der Waals surface area contributed by atoms with Crippen LogP contribution < -0.4 is 0 Å². The number of fused-ring (bicyclic) bond motifs is 2. The van der Waals surface area contributed by atoms with Gasteiger partial charge in [-0.15, -0.1) is 0 Å². The summed E-state index contributed by atoms with van der Waals surface area (Å²) in [6.07, 6.45) is 2.73. The van der Waals surface area contributed by atoms with Crippen molar-refractivity contribution in [3.63, 3.8) is 0 Å². The van der Waals surface area contributed by atoms with Gasteiger partial charge in [-0.2, -0.15) is 18.3 Å². The van der Waals surface area contributed by atoms with Gasteiger partial charge in [0.1, 0.15) is 0 Å². The normalized spacial score (nSPS) is 18.0. The Balaban J connectivity index is 0.000000406. The van der Waals surface area contributed by atoms with E-state index in [1.54, 1.807) is 0 Å². The minimum absolute atomic E-state index is 0.00827. The number of hydrogen-bond acceptors (Lipinski definition) is 5. The number of carbonyl (C=O) groups is 2. The summed E-state index contributed by atoms with van der Waals surface area (Å²) in [5, 5.41) is 12.0. The molecule has 8 nitrogen and oxygen atoms in total. The quantitative estimate of drug-likeness (QED) is 0.721. The first-order valence-corrected chi connectivity index (χ1v) is 11.2. The van der Waals surface area contributed by atoms with Crippen LogP contribution in [0.1, 0.15) is 48.3 Å². The van der Waals surface area contributed by atoms with Crippen molar-refractivity contribution < 1.29 is 27.9 Å². The van der Waals surface area contributed by atoms with Gasteiger partial charge in [0.05, 0.1) is 11.3 Å². The maximum atomic E-state index is 12.7. The molecule has 0 aromatic carbocycles. The molecule has 0 radical (unpaired) electrons. The number of likely N-dealkylation sites (tertiary alicyclic amines) is 1. The summed E-state index contributed by atoms with van der Waals surface area (Å²) in [7, 11) is 1.93. The van der Waals surface area contributed by atoms with E-state index in [0.29, 0.717) is 5.92 Å². The Morgan fingerprint density at radius 2 is 1.91 bits per heavy atom. The maximum Gasteiger partial charge on any atom is 0.490 e. The Labute approximate surface area is 196 Å². The van der Waals surface area contributed by atoms with E-state index in [4.69, 9.17) is 15.0 Å². The van der Waals surface area contributed by atoms with Crippen molar-refractivity contribution in [2.45, 2.75) is 51.4 Å². The average molecular weight is 482 g/mol. The number of halogens is 3. The molecule has 1 N–H and O–H groups in total. The van der Waals surface area contributed by atoms with Crippen LogP contribution in [0.4, 0.5) is 13.2 Å². The van der Waals surface area contributed by atoms with Crippen molar-refractivity contribution in [2.24, 2.45) is 5.92 Å². The van der Waals surface area contributed by atoms with E-state index in [0.717, 1.165) is 56.8 Å². The number of pyridine rings is 1. The van der Waals surface area contributed by atoms with Crippen LogP contribution in [0, 0.1) is 5.92 Å². The molecule has 1 fully saturated rings. The summed E-state index contributed by atoms with van der Waals surface area (Å²) in [5.41, 5.74) is 3.09. The minimum atomic E-state index is -5.08. The minimum Gasteiger partial charge on any atom is -0.475 e. The molecular weight excluding hydrogens is 451 g/mol. The SMILES string of the molecule is CC(C)Cn1cc2c(n1)C1(CCN(Cc3cccnc3)CC1)CN(C)C2=O.O=C(O)C(F)(F)F. The van der Waals surface area contributed by atoms with E-state index in [-0.39, 0.29) is 11.3 Å². The molecule has 2 aromatic heterocycles. The Bertz CT molecular complexity index is 999. The molecule has 0 bridgehead atoms. The lowest BCUT2D eigenvalue weighted by molar-refractivity contribution is -0.192. The lowest BCUT2D eigenvalue weighted by atomic mass is 9.72. The lowest BCUT2D eigenvalue weighted by Gasteiger charge is -2.45. The molecule has 0 saturated carbocycles. The van der Waals surface area contributed by atoms with Gasteiger partial charge in [-0.1, -0.05) is 19.9 Å². The van der Waals surface area contributed by atoms with E-state index in [2.05, 4.69) is 29.8 Å². The zero-order valence-corrected chi connectivity index (χ0v) is 19.5. The van der Waals surface area contributed by atoms with Gasteiger partial charge in [-0.05, 0) is 43.5 Å². The molecule has 0 atom stereocenters. The number of amides is 1. The molecule has 0 aliphatic carbocycles. The first-order valence-electron chi connectivity index (χ1n) is 11.2. The van der Waals surface area contributed by atoms with Gasteiger partial charge in [0, 0.05) is 50.7 Å². The fraction of sp³-hybridized carbons (Fsp3) is 0.565. The van der Waals surface area contributed by atoms with Crippen molar-refractivity contribution in [3.05, 3.63) is 47.5 Å². The Morgan fingerprint density at radius 3 is 2.44 bits per heavy atom. The zero-order valence-electron chi connectivity index (χ0n) is 19.5. The van der Waals surface area contributed by atoms with Crippen molar-refractivity contribution in [1.82, 2.24) is 24.6 Å². The summed E-state index contributed by atoms with van der Waals surface area (Å²) in [4.78, 5) is 30.2. The Hall–Kier alpha value is -2.95. The molecule has 34 heavy (non-hydrogen) atoms. The van der Waals surface area contributed by atoms with Gasteiger partial charge in [0.15, 0.2) is 0 Å². The number of carboxylic acid groups (broad SMARTS) is 1. The van der Waals surface area contributed by atoms with E-state index < -0.39 is 12.1 Å². The second-order valence-corrected chi connectivity index (χ2v) is 9.39. The monoisotopic (exact) mass is 481 g/mol. The number of aromatic nitrogens is 3. The predicted octanol–water partition coefficient (Wildman–Crippen LogP) is 3.19. The highest BCUT2D eigenvalue weighted by molar-refractivity contribution is 5.96. The van der Waals surface area contributed by atoms with E-state index in [9.17, 15) is 18.0 Å². The van der Waals surface area contributed by atoms with Crippen LogP contribution in [0.3, 0.4) is 0 Å². The fourth-order valence-electron chi connectivity index (χ4n) is 4.53. The molecule has 1 spiro atoms. The number of alkyl halides is 3. The van der Waals surface area contributed by atoms with Gasteiger partial charge >= 0.3 is 12.1 Å². The Morgan fingerprint density at radius 1 is 1.26 bits per heavy atom. The summed E-state index contributed by atoms with van der Waals surface area (Å²) >= 11 is 0. The molecule has 0 unspecified atom stereocenters. The van der Waals surface area contributed by atoms with Gasteiger partial charge < -0.3 is 10.0 Å². The van der Waals surface area contributed by atoms with Crippen LogP contribution >= 0.6 is 0 Å². The van der Waals surface area contributed by atoms with Gasteiger partial charge in [0.2, 0.25) is 0 Å². The van der Waals surface area contributed by atoms with Crippen molar-refractivity contribution in [1.29, 1.82) is 0 Å². The van der Waals surface area contributed by atoms with Crippen LogP contribution in [0.5, 0.6) is 0 Å². The van der Waals surface area contributed by atoms with E-state index >= 15 is 0 Å². The molecule has 2 aliphatic rings. The van der Waals surface area contributed by atoms with Crippen LogP contribution in [-0.2, 0) is 23.3 Å².